The summed E-state index contributed by atoms with van der Waals surface area (Å²) < 4.78 is 0. The molecule has 1 aliphatic carbocycles. The van der Waals surface area contributed by atoms with Gasteiger partial charge in [-0.25, -0.2) is 9.97 Å². The first-order chi connectivity index (χ1) is 6.45. The normalized spacial score (nSPS) is 23.1. The second kappa shape index (κ2) is 3.88. The largest absolute Gasteiger partial charge is 1.00 e. The zero-order valence-electron chi connectivity index (χ0n) is 7.48. The van der Waals surface area contributed by atoms with Crippen LogP contribution in [0.1, 0.15) is 6.42 Å². The number of thioether (sulfide) groups is 1. The minimum atomic E-state index is 0. The molecular weight excluding hydrogens is 218 g/mol. The average Bonchev–Trinajstić information content (AvgIpc) is 2.65. The Labute approximate surface area is 92.1 Å². The van der Waals surface area contributed by atoms with Gasteiger partial charge in [-0.15, -0.1) is 0 Å². The fourth-order valence-electron chi connectivity index (χ4n) is 1.88. The third-order valence-electron chi connectivity index (χ3n) is 2.53. The molecule has 0 amide bonds. The van der Waals surface area contributed by atoms with Crippen molar-refractivity contribution < 1.29 is 17.7 Å². The highest BCUT2D eigenvalue weighted by Gasteiger charge is 2.27. The van der Waals surface area contributed by atoms with Crippen LogP contribution >= 0.6 is 11.8 Å². The van der Waals surface area contributed by atoms with Gasteiger partial charge in [-0.1, -0.05) is 17.8 Å². The van der Waals surface area contributed by atoms with Crippen molar-refractivity contribution in [3.8, 4) is 0 Å². The van der Waals surface area contributed by atoms with Gasteiger partial charge >= 0.3 is 0 Å². The van der Waals surface area contributed by atoms with Gasteiger partial charge in [-0.3, -0.25) is 0 Å². The first-order valence-electron chi connectivity index (χ1n) is 4.42. The first-order valence-corrected chi connectivity index (χ1v) is 5.40. The molecule has 2 N–H and O–H groups in total. The molecule has 1 aliphatic heterocycles. The van der Waals surface area contributed by atoms with Crippen molar-refractivity contribution in [3.63, 3.8) is 0 Å². The third kappa shape index (κ3) is 1.43. The molecule has 5 heteroatoms. The summed E-state index contributed by atoms with van der Waals surface area (Å²) in [5.41, 5.74) is 0. The lowest BCUT2D eigenvalue weighted by Gasteiger charge is -2.08. The van der Waals surface area contributed by atoms with Crippen molar-refractivity contribution in [2.45, 2.75) is 12.5 Å². The maximum absolute atomic E-state index is 4.26. The molecule has 0 aromatic carbocycles. The molecule has 0 bridgehead atoms. The number of halogens is 1. The van der Waals surface area contributed by atoms with Crippen LogP contribution in [0.2, 0.25) is 0 Å². The maximum Gasteiger partial charge on any atom is 0.127 e. The number of rotatable bonds is 0. The van der Waals surface area contributed by atoms with Gasteiger partial charge in [0, 0.05) is 17.8 Å². The van der Waals surface area contributed by atoms with Crippen LogP contribution in [-0.4, -0.2) is 21.9 Å². The number of quaternary nitrogens is 1. The summed E-state index contributed by atoms with van der Waals surface area (Å²) in [6, 6.07) is 0.642. The van der Waals surface area contributed by atoms with Gasteiger partial charge in [0.2, 0.25) is 0 Å². The van der Waals surface area contributed by atoms with E-state index in [9.17, 15) is 0 Å². The molecule has 1 aromatic heterocycles. The van der Waals surface area contributed by atoms with Crippen LogP contribution in [0.3, 0.4) is 0 Å². The van der Waals surface area contributed by atoms with Crippen LogP contribution in [-0.2, 0) is 0 Å². The minimum Gasteiger partial charge on any atom is -1.00 e. The van der Waals surface area contributed by atoms with Crippen molar-refractivity contribution in [2.75, 3.05) is 5.88 Å². The van der Waals surface area contributed by atoms with Gasteiger partial charge in [0.05, 0.1) is 10.3 Å². The molecule has 1 atom stereocenters. The standard InChI is InChI=1S/C9H9N3S.ClH/c1-2-8-9(13-5-12-8)6-3-10-4-11-7(1)6;/h1,3-4,8,12H,2,5H2;1H. The van der Waals surface area contributed by atoms with E-state index in [-0.39, 0.29) is 12.4 Å². The van der Waals surface area contributed by atoms with Gasteiger partial charge in [-0.05, 0) is 0 Å². The predicted octanol–water partition coefficient (Wildman–Crippen LogP) is -4.59. The van der Waals surface area contributed by atoms with E-state index >= 15 is 0 Å². The van der Waals surface area contributed by atoms with Crippen LogP contribution in [0.25, 0.3) is 11.0 Å². The zero-order chi connectivity index (χ0) is 8.67. The van der Waals surface area contributed by atoms with Crippen LogP contribution < -0.4 is 28.3 Å². The van der Waals surface area contributed by atoms with Crippen molar-refractivity contribution in [1.82, 2.24) is 9.97 Å². The molecule has 0 saturated carbocycles. The van der Waals surface area contributed by atoms with E-state index in [1.54, 1.807) is 6.33 Å². The van der Waals surface area contributed by atoms with E-state index in [1.807, 2.05) is 18.0 Å². The summed E-state index contributed by atoms with van der Waals surface area (Å²) in [5.74, 6) is 1.14. The fourth-order valence-corrected chi connectivity index (χ4v) is 3.11. The Kier molecular flexibility index (Phi) is 2.76. The van der Waals surface area contributed by atoms with Crippen LogP contribution in [0.5, 0.6) is 0 Å². The smallest absolute Gasteiger partial charge is 0.127 e. The van der Waals surface area contributed by atoms with Crippen LogP contribution in [0, 0.1) is 0 Å². The monoisotopic (exact) mass is 227 g/mol. The van der Waals surface area contributed by atoms with Gasteiger partial charge < -0.3 is 17.7 Å². The molecule has 74 valence electrons. The molecule has 1 aromatic rings. The van der Waals surface area contributed by atoms with Gasteiger partial charge in [0.15, 0.2) is 0 Å². The lowest BCUT2D eigenvalue weighted by Crippen LogP contribution is -3.00. The third-order valence-corrected chi connectivity index (χ3v) is 3.72. The predicted molar refractivity (Wildman–Crippen MR) is 51.9 cm³/mol. The SMILES string of the molecule is C1=c2ncncc2=C2SC[NH2+]C2C1.[Cl-]. The van der Waals surface area contributed by atoms with E-state index in [1.165, 1.54) is 10.1 Å². The van der Waals surface area contributed by atoms with E-state index in [0.717, 1.165) is 17.6 Å². The molecule has 14 heavy (non-hydrogen) atoms. The summed E-state index contributed by atoms with van der Waals surface area (Å²) in [6.45, 7) is 0. The lowest BCUT2D eigenvalue weighted by atomic mass is 10.1. The van der Waals surface area contributed by atoms with Crippen LogP contribution in [0.15, 0.2) is 12.5 Å². The van der Waals surface area contributed by atoms with Gasteiger partial charge in [0.1, 0.15) is 18.2 Å². The molecule has 3 rings (SSSR count). The Bertz CT molecular complexity index is 459. The first kappa shape index (κ1) is 9.96. The van der Waals surface area contributed by atoms with Crippen LogP contribution in [0.4, 0.5) is 0 Å². The molecule has 2 heterocycles. The molecule has 1 fully saturated rings. The molecule has 0 radical (unpaired) electrons. The summed E-state index contributed by atoms with van der Waals surface area (Å²) >= 11 is 1.93. The summed E-state index contributed by atoms with van der Waals surface area (Å²) in [6.07, 6.45) is 6.89. The lowest BCUT2D eigenvalue weighted by molar-refractivity contribution is -0.652. The Morgan fingerprint density at radius 3 is 3.36 bits per heavy atom. The number of hydrogen-bond acceptors (Lipinski definition) is 3. The van der Waals surface area contributed by atoms with E-state index < -0.39 is 0 Å². The van der Waals surface area contributed by atoms with E-state index in [2.05, 4.69) is 21.4 Å². The highest BCUT2D eigenvalue weighted by molar-refractivity contribution is 8.08. The highest BCUT2D eigenvalue weighted by atomic mass is 35.5. The molecular formula is C9H10ClN3S. The Balaban J connectivity index is 0.000000750. The van der Waals surface area contributed by atoms with Gasteiger partial charge in [-0.2, -0.15) is 0 Å². The molecule has 3 nitrogen and oxygen atoms in total. The number of hydrogen-bond donors (Lipinski definition) is 1. The molecule has 1 unspecified atom stereocenters. The van der Waals surface area contributed by atoms with Crippen molar-refractivity contribution in [3.05, 3.63) is 23.1 Å². The molecule has 2 aliphatic rings. The number of fused-ring (bicyclic) bond motifs is 2. The summed E-state index contributed by atoms with van der Waals surface area (Å²) in [4.78, 5) is 9.81. The highest BCUT2D eigenvalue weighted by Crippen LogP contribution is 2.23. The second-order valence-electron chi connectivity index (χ2n) is 3.28. The summed E-state index contributed by atoms with van der Waals surface area (Å²) in [5, 5.41) is 4.74. The van der Waals surface area contributed by atoms with Crippen molar-refractivity contribution in [1.29, 1.82) is 0 Å². The van der Waals surface area contributed by atoms with Crippen molar-refractivity contribution >= 4 is 22.7 Å². The average molecular weight is 228 g/mol. The molecule has 0 spiro atoms. The van der Waals surface area contributed by atoms with Gasteiger partial charge in [0.25, 0.3) is 0 Å². The minimum absolute atomic E-state index is 0. The Morgan fingerprint density at radius 2 is 2.43 bits per heavy atom. The molecule has 1 saturated heterocycles. The second-order valence-corrected chi connectivity index (χ2v) is 4.34. The fraction of sp³-hybridized carbons (Fsp3) is 0.333. The topological polar surface area (TPSA) is 42.4 Å². The zero-order valence-corrected chi connectivity index (χ0v) is 9.05. The summed E-state index contributed by atoms with van der Waals surface area (Å²) in [7, 11) is 0. The Hall–Kier alpha value is -0.580. The quantitative estimate of drug-likeness (QED) is 0.485. The van der Waals surface area contributed by atoms with Crippen molar-refractivity contribution in [2.24, 2.45) is 0 Å². The maximum atomic E-state index is 4.26. The van der Waals surface area contributed by atoms with E-state index in [4.69, 9.17) is 0 Å². The number of aromatic nitrogens is 2. The number of nitrogens with two attached hydrogens (primary N) is 1. The van der Waals surface area contributed by atoms with E-state index in [0.29, 0.717) is 6.04 Å². The number of nitrogens with zero attached hydrogens (tertiary/aromatic N) is 2. The Morgan fingerprint density at radius 1 is 1.50 bits per heavy atom.